The number of hydrogen-bond donors (Lipinski definition) is 2. The Morgan fingerprint density at radius 3 is 2.72 bits per heavy atom. The molecule has 1 aliphatic heterocycles. The molecule has 96 valence electrons. The highest BCUT2D eigenvalue weighted by atomic mass is 35.5. The molecule has 2 aliphatic rings. The second-order valence-corrected chi connectivity index (χ2v) is 5.28. The maximum absolute atomic E-state index is 11.8. The van der Waals surface area contributed by atoms with Gasteiger partial charge in [0.05, 0.1) is 23.4 Å². The summed E-state index contributed by atoms with van der Waals surface area (Å²) in [5.41, 5.74) is 1.38. The third kappa shape index (κ3) is 1.56. The second kappa shape index (κ2) is 4.05. The monoisotopic (exact) mass is 266 g/mol. The van der Waals surface area contributed by atoms with Gasteiger partial charge in [0.1, 0.15) is 5.75 Å². The van der Waals surface area contributed by atoms with Crippen LogP contribution in [0.1, 0.15) is 31.2 Å². The molecule has 5 heteroatoms. The van der Waals surface area contributed by atoms with Gasteiger partial charge in [0.25, 0.3) is 0 Å². The van der Waals surface area contributed by atoms with Crippen LogP contribution in [0.5, 0.6) is 5.75 Å². The third-order valence-corrected chi connectivity index (χ3v) is 4.18. The summed E-state index contributed by atoms with van der Waals surface area (Å²) in [7, 11) is 1.64. The Hall–Kier alpha value is -1.42. The van der Waals surface area contributed by atoms with Gasteiger partial charge in [0.2, 0.25) is 0 Å². The van der Waals surface area contributed by atoms with Crippen molar-refractivity contribution in [2.75, 3.05) is 12.4 Å². The van der Waals surface area contributed by atoms with E-state index in [0.717, 1.165) is 37.0 Å². The number of carbonyl (C=O) groups is 1. The normalized spacial score (nSPS) is 20.2. The van der Waals surface area contributed by atoms with Crippen LogP contribution in [0.25, 0.3) is 0 Å². The number of fused-ring (bicyclic) bond motifs is 2. The fourth-order valence-corrected chi connectivity index (χ4v) is 3.31. The molecule has 0 aromatic heterocycles. The van der Waals surface area contributed by atoms with E-state index in [0.29, 0.717) is 10.7 Å². The number of hydrogen-bond acceptors (Lipinski definition) is 2. The highest BCUT2D eigenvalue weighted by Gasteiger charge is 2.44. The molecule has 1 fully saturated rings. The van der Waals surface area contributed by atoms with Crippen LogP contribution in [0.15, 0.2) is 12.1 Å². The van der Waals surface area contributed by atoms with Gasteiger partial charge in [-0.05, 0) is 25.0 Å². The van der Waals surface area contributed by atoms with Gasteiger partial charge >= 0.3 is 6.03 Å². The molecule has 1 spiro atoms. The van der Waals surface area contributed by atoms with E-state index in [1.165, 1.54) is 0 Å². The highest BCUT2D eigenvalue weighted by molar-refractivity contribution is 6.34. The molecule has 1 aromatic rings. The molecule has 1 aliphatic carbocycles. The predicted molar refractivity (Wildman–Crippen MR) is 70.3 cm³/mol. The number of carbonyl (C=O) groups excluding carboxylic acids is 1. The molecular weight excluding hydrogens is 252 g/mol. The summed E-state index contributed by atoms with van der Waals surface area (Å²) >= 11 is 6.20. The Kier molecular flexibility index (Phi) is 2.63. The maximum atomic E-state index is 11.8. The summed E-state index contributed by atoms with van der Waals surface area (Å²) in [4.78, 5) is 11.8. The fourth-order valence-electron chi connectivity index (χ4n) is 3.10. The zero-order chi connectivity index (χ0) is 12.8. The number of ether oxygens (including phenoxy) is 1. The van der Waals surface area contributed by atoms with E-state index >= 15 is 0 Å². The first kappa shape index (κ1) is 11.7. The van der Waals surface area contributed by atoms with E-state index < -0.39 is 0 Å². The number of rotatable bonds is 1. The van der Waals surface area contributed by atoms with Crippen LogP contribution in [0, 0.1) is 0 Å². The molecule has 0 unspecified atom stereocenters. The predicted octanol–water partition coefficient (Wildman–Crippen LogP) is 3.25. The van der Waals surface area contributed by atoms with Crippen molar-refractivity contribution in [2.24, 2.45) is 0 Å². The summed E-state index contributed by atoms with van der Waals surface area (Å²) in [6, 6.07) is 3.44. The van der Waals surface area contributed by atoms with Gasteiger partial charge in [-0.15, -0.1) is 0 Å². The molecule has 2 amide bonds. The van der Waals surface area contributed by atoms with Crippen molar-refractivity contribution < 1.29 is 9.53 Å². The van der Waals surface area contributed by atoms with E-state index in [4.69, 9.17) is 16.3 Å². The minimum atomic E-state index is -0.312. The van der Waals surface area contributed by atoms with Crippen LogP contribution in [0.3, 0.4) is 0 Å². The quantitative estimate of drug-likeness (QED) is 0.820. The standard InChI is InChI=1S/C13H15ClN2O2/c1-18-9-5-4-8(14)11-10(9)13(6-2-3-7-13)16-12(17)15-11/h4-5H,2-3,6-7H2,1H3,(H2,15,16,17). The fraction of sp³-hybridized carbons (Fsp3) is 0.462. The Labute approximate surface area is 111 Å². The summed E-state index contributed by atoms with van der Waals surface area (Å²) in [6.45, 7) is 0. The molecule has 0 bridgehead atoms. The van der Waals surface area contributed by atoms with Crippen molar-refractivity contribution in [3.05, 3.63) is 22.7 Å². The van der Waals surface area contributed by atoms with Gasteiger partial charge in [-0.1, -0.05) is 24.4 Å². The molecule has 0 saturated heterocycles. The number of urea groups is 1. The van der Waals surface area contributed by atoms with Gasteiger partial charge in [-0.3, -0.25) is 0 Å². The number of nitrogens with one attached hydrogen (secondary N) is 2. The van der Waals surface area contributed by atoms with Crippen molar-refractivity contribution in [3.63, 3.8) is 0 Å². The van der Waals surface area contributed by atoms with Gasteiger partial charge in [0.15, 0.2) is 0 Å². The minimum absolute atomic E-state index is 0.181. The number of anilines is 1. The van der Waals surface area contributed by atoms with Crippen molar-refractivity contribution in [1.82, 2.24) is 5.32 Å². The van der Waals surface area contributed by atoms with Gasteiger partial charge in [-0.25, -0.2) is 4.79 Å². The highest BCUT2D eigenvalue weighted by Crippen LogP contribution is 2.49. The number of benzene rings is 1. The Bertz CT molecular complexity index is 510. The van der Waals surface area contributed by atoms with E-state index in [-0.39, 0.29) is 11.6 Å². The number of halogens is 1. The van der Waals surface area contributed by atoms with E-state index in [9.17, 15) is 4.79 Å². The molecule has 0 atom stereocenters. The Balaban J connectivity index is 2.24. The first-order valence-electron chi connectivity index (χ1n) is 6.12. The summed E-state index contributed by atoms with van der Waals surface area (Å²) in [5, 5.41) is 6.42. The van der Waals surface area contributed by atoms with Crippen molar-refractivity contribution in [1.29, 1.82) is 0 Å². The lowest BCUT2D eigenvalue weighted by Gasteiger charge is -2.38. The minimum Gasteiger partial charge on any atom is -0.496 e. The lowest BCUT2D eigenvalue weighted by atomic mass is 9.84. The molecule has 18 heavy (non-hydrogen) atoms. The molecule has 1 heterocycles. The molecule has 0 radical (unpaired) electrons. The maximum Gasteiger partial charge on any atom is 0.319 e. The average molecular weight is 267 g/mol. The molecule has 2 N–H and O–H groups in total. The van der Waals surface area contributed by atoms with Crippen LogP contribution in [0.4, 0.5) is 10.5 Å². The summed E-state index contributed by atoms with van der Waals surface area (Å²) < 4.78 is 5.44. The number of amides is 2. The van der Waals surface area contributed by atoms with Crippen LogP contribution in [-0.4, -0.2) is 13.1 Å². The molecule has 1 saturated carbocycles. The lowest BCUT2D eigenvalue weighted by Crippen LogP contribution is -2.50. The van der Waals surface area contributed by atoms with E-state index in [1.807, 2.05) is 6.07 Å². The Morgan fingerprint density at radius 1 is 1.33 bits per heavy atom. The van der Waals surface area contributed by atoms with E-state index in [1.54, 1.807) is 13.2 Å². The Morgan fingerprint density at radius 2 is 2.06 bits per heavy atom. The zero-order valence-electron chi connectivity index (χ0n) is 10.2. The van der Waals surface area contributed by atoms with Crippen LogP contribution >= 0.6 is 11.6 Å². The van der Waals surface area contributed by atoms with Crippen LogP contribution < -0.4 is 15.4 Å². The second-order valence-electron chi connectivity index (χ2n) is 4.87. The largest absolute Gasteiger partial charge is 0.496 e. The molecule has 1 aromatic carbocycles. The summed E-state index contributed by atoms with van der Waals surface area (Å²) in [5.74, 6) is 0.781. The smallest absolute Gasteiger partial charge is 0.319 e. The van der Waals surface area contributed by atoms with Crippen molar-refractivity contribution in [3.8, 4) is 5.75 Å². The first-order chi connectivity index (χ1) is 8.66. The van der Waals surface area contributed by atoms with Gasteiger partial charge < -0.3 is 15.4 Å². The summed E-state index contributed by atoms with van der Waals surface area (Å²) in [6.07, 6.45) is 4.08. The van der Waals surface area contributed by atoms with Crippen LogP contribution in [0.2, 0.25) is 5.02 Å². The molecular formula is C13H15ClN2O2. The van der Waals surface area contributed by atoms with Gasteiger partial charge in [-0.2, -0.15) is 0 Å². The average Bonchev–Trinajstić information content (AvgIpc) is 2.79. The lowest BCUT2D eigenvalue weighted by molar-refractivity contribution is 0.232. The first-order valence-corrected chi connectivity index (χ1v) is 6.50. The topological polar surface area (TPSA) is 50.4 Å². The van der Waals surface area contributed by atoms with Crippen molar-refractivity contribution >= 4 is 23.3 Å². The SMILES string of the molecule is COc1ccc(Cl)c2c1C1(CCCC1)NC(=O)N2. The van der Waals surface area contributed by atoms with E-state index in [2.05, 4.69) is 10.6 Å². The zero-order valence-corrected chi connectivity index (χ0v) is 10.9. The third-order valence-electron chi connectivity index (χ3n) is 3.86. The van der Waals surface area contributed by atoms with Gasteiger partial charge in [0, 0.05) is 5.56 Å². The van der Waals surface area contributed by atoms with Crippen molar-refractivity contribution in [2.45, 2.75) is 31.2 Å². The molecule has 4 nitrogen and oxygen atoms in total. The molecule has 3 rings (SSSR count). The number of methoxy groups -OCH3 is 1. The van der Waals surface area contributed by atoms with Crippen LogP contribution in [-0.2, 0) is 5.54 Å².